The number of hydrazone groups is 1. The zero-order valence-corrected chi connectivity index (χ0v) is 15.3. The van der Waals surface area contributed by atoms with Gasteiger partial charge in [-0.15, -0.1) is 13.2 Å². The van der Waals surface area contributed by atoms with Crippen molar-refractivity contribution in [1.82, 2.24) is 5.01 Å². The first-order valence-corrected chi connectivity index (χ1v) is 8.90. The van der Waals surface area contributed by atoms with E-state index >= 15 is 0 Å². The first-order chi connectivity index (χ1) is 13.8. The summed E-state index contributed by atoms with van der Waals surface area (Å²) >= 11 is 0. The van der Waals surface area contributed by atoms with Crippen molar-refractivity contribution in [3.05, 3.63) is 60.2 Å². The first-order valence-electron chi connectivity index (χ1n) is 8.90. The molecule has 0 saturated heterocycles. The van der Waals surface area contributed by atoms with Crippen LogP contribution in [0, 0.1) is 0 Å². The van der Waals surface area contributed by atoms with Crippen LogP contribution < -0.4 is 10.1 Å². The molecule has 29 heavy (non-hydrogen) atoms. The second-order valence-electron chi connectivity index (χ2n) is 6.27. The summed E-state index contributed by atoms with van der Waals surface area (Å²) in [4.78, 5) is 24.4. The van der Waals surface area contributed by atoms with Crippen LogP contribution in [0.2, 0.25) is 0 Å². The van der Waals surface area contributed by atoms with Gasteiger partial charge < -0.3 is 10.1 Å². The molecule has 0 spiro atoms. The first kappa shape index (κ1) is 20.4. The summed E-state index contributed by atoms with van der Waals surface area (Å²) in [6, 6.07) is 14.7. The van der Waals surface area contributed by atoms with Gasteiger partial charge in [-0.05, 0) is 17.7 Å². The van der Waals surface area contributed by atoms with Crippen molar-refractivity contribution in [1.29, 1.82) is 0 Å². The van der Waals surface area contributed by atoms with Gasteiger partial charge in [0.05, 0.1) is 17.9 Å². The number of ether oxygens (including phenoxy) is 1. The van der Waals surface area contributed by atoms with Gasteiger partial charge in [-0.1, -0.05) is 42.5 Å². The Morgan fingerprint density at radius 3 is 2.45 bits per heavy atom. The van der Waals surface area contributed by atoms with E-state index < -0.39 is 18.0 Å². The monoisotopic (exact) mass is 405 g/mol. The third kappa shape index (κ3) is 5.81. The van der Waals surface area contributed by atoms with Gasteiger partial charge >= 0.3 is 6.36 Å². The van der Waals surface area contributed by atoms with E-state index in [0.717, 1.165) is 17.3 Å². The number of nitrogens with zero attached hydrogens (tertiary/aromatic N) is 2. The molecule has 0 radical (unpaired) electrons. The molecule has 1 aliphatic heterocycles. The molecule has 6 nitrogen and oxygen atoms in total. The zero-order valence-electron chi connectivity index (χ0n) is 15.3. The Kier molecular flexibility index (Phi) is 6.16. The summed E-state index contributed by atoms with van der Waals surface area (Å²) < 4.78 is 41.2. The average Bonchev–Trinajstić information content (AvgIpc) is 3.18. The van der Waals surface area contributed by atoms with Crippen LogP contribution in [0.25, 0.3) is 0 Å². The predicted molar refractivity (Wildman–Crippen MR) is 100 cm³/mol. The number of alkyl halides is 3. The SMILES string of the molecule is O=C(CCC(=O)N1CCC(c2ccccc2)=N1)Nc1ccccc1OC(F)(F)F. The van der Waals surface area contributed by atoms with Crippen molar-refractivity contribution < 1.29 is 27.5 Å². The molecule has 1 heterocycles. The van der Waals surface area contributed by atoms with Crippen LogP contribution in [-0.4, -0.2) is 35.4 Å². The molecule has 9 heteroatoms. The normalized spacial score (nSPS) is 13.8. The fraction of sp³-hybridized carbons (Fsp3) is 0.250. The third-order valence-electron chi connectivity index (χ3n) is 4.15. The summed E-state index contributed by atoms with van der Waals surface area (Å²) in [5.41, 5.74) is 1.61. The lowest BCUT2D eigenvalue weighted by molar-refractivity contribution is -0.274. The number of para-hydroxylation sites is 2. The van der Waals surface area contributed by atoms with E-state index in [1.807, 2.05) is 30.3 Å². The molecule has 0 aromatic heterocycles. The summed E-state index contributed by atoms with van der Waals surface area (Å²) in [5.74, 6) is -1.44. The average molecular weight is 405 g/mol. The quantitative estimate of drug-likeness (QED) is 0.791. The summed E-state index contributed by atoms with van der Waals surface area (Å²) in [5, 5.41) is 7.96. The van der Waals surface area contributed by atoms with Crippen LogP contribution in [-0.2, 0) is 9.59 Å². The van der Waals surface area contributed by atoms with Gasteiger partial charge in [0.25, 0.3) is 0 Å². The van der Waals surface area contributed by atoms with E-state index in [0.29, 0.717) is 13.0 Å². The van der Waals surface area contributed by atoms with E-state index in [9.17, 15) is 22.8 Å². The highest BCUT2D eigenvalue weighted by molar-refractivity contribution is 6.02. The molecule has 2 amide bonds. The van der Waals surface area contributed by atoms with Crippen LogP contribution in [0.1, 0.15) is 24.8 Å². The maximum absolute atomic E-state index is 12.4. The molecule has 2 aromatic carbocycles. The molecule has 2 aromatic rings. The Hall–Kier alpha value is -3.36. The second-order valence-corrected chi connectivity index (χ2v) is 6.27. The highest BCUT2D eigenvalue weighted by atomic mass is 19.4. The number of anilines is 1. The van der Waals surface area contributed by atoms with E-state index in [2.05, 4.69) is 15.2 Å². The minimum Gasteiger partial charge on any atom is -0.404 e. The molecular weight excluding hydrogens is 387 g/mol. The van der Waals surface area contributed by atoms with E-state index in [-0.39, 0.29) is 24.4 Å². The van der Waals surface area contributed by atoms with Gasteiger partial charge in [0.2, 0.25) is 11.8 Å². The molecular formula is C20H18F3N3O3. The third-order valence-corrected chi connectivity index (χ3v) is 4.15. The van der Waals surface area contributed by atoms with Gasteiger partial charge in [0.1, 0.15) is 0 Å². The maximum Gasteiger partial charge on any atom is 0.573 e. The molecule has 3 rings (SSSR count). The molecule has 0 unspecified atom stereocenters. The number of amides is 2. The lowest BCUT2D eigenvalue weighted by atomic mass is 10.1. The molecule has 0 fully saturated rings. The lowest BCUT2D eigenvalue weighted by Crippen LogP contribution is -2.25. The van der Waals surface area contributed by atoms with E-state index in [4.69, 9.17) is 0 Å². The number of carbonyl (C=O) groups is 2. The Balaban J connectivity index is 1.54. The highest BCUT2D eigenvalue weighted by Gasteiger charge is 2.32. The fourth-order valence-corrected chi connectivity index (χ4v) is 2.82. The van der Waals surface area contributed by atoms with E-state index in [1.54, 1.807) is 0 Å². The van der Waals surface area contributed by atoms with Crippen LogP contribution in [0.3, 0.4) is 0 Å². The van der Waals surface area contributed by atoms with Gasteiger partial charge in [-0.25, -0.2) is 5.01 Å². The topological polar surface area (TPSA) is 71.0 Å². The van der Waals surface area contributed by atoms with Crippen LogP contribution in [0.4, 0.5) is 18.9 Å². The van der Waals surface area contributed by atoms with Gasteiger partial charge in [-0.2, -0.15) is 5.10 Å². The van der Waals surface area contributed by atoms with Crippen molar-refractivity contribution >= 4 is 23.2 Å². The van der Waals surface area contributed by atoms with Crippen molar-refractivity contribution in [2.45, 2.75) is 25.6 Å². The van der Waals surface area contributed by atoms with Crippen LogP contribution in [0.5, 0.6) is 5.75 Å². The van der Waals surface area contributed by atoms with Gasteiger partial charge in [-0.3, -0.25) is 9.59 Å². The van der Waals surface area contributed by atoms with E-state index in [1.165, 1.54) is 23.2 Å². The molecule has 152 valence electrons. The number of rotatable bonds is 6. The summed E-state index contributed by atoms with van der Waals surface area (Å²) in [6.45, 7) is 0.424. The van der Waals surface area contributed by atoms with Crippen molar-refractivity contribution in [3.63, 3.8) is 0 Å². The Labute approximate surface area is 165 Å². The molecule has 0 atom stereocenters. The predicted octanol–water partition coefficient (Wildman–Crippen LogP) is 3.94. The van der Waals surface area contributed by atoms with Crippen molar-refractivity contribution in [2.24, 2.45) is 5.10 Å². The largest absolute Gasteiger partial charge is 0.573 e. The van der Waals surface area contributed by atoms with Gasteiger partial charge in [0, 0.05) is 19.3 Å². The molecule has 1 aliphatic rings. The van der Waals surface area contributed by atoms with Crippen LogP contribution >= 0.6 is 0 Å². The fourth-order valence-electron chi connectivity index (χ4n) is 2.82. The molecule has 0 saturated carbocycles. The minimum atomic E-state index is -4.87. The Bertz CT molecular complexity index is 914. The number of halogens is 3. The molecule has 1 N–H and O–H groups in total. The number of nitrogens with one attached hydrogen (secondary N) is 1. The standard InChI is InChI=1S/C20H18F3N3O3/c21-20(22,23)29-17-9-5-4-8-16(17)24-18(27)10-11-19(28)26-13-12-15(25-26)14-6-2-1-3-7-14/h1-9H,10-13H2,(H,24,27). The maximum atomic E-state index is 12.4. The second kappa shape index (κ2) is 8.76. The number of hydrogen-bond acceptors (Lipinski definition) is 4. The zero-order chi connectivity index (χ0) is 20.9. The number of benzene rings is 2. The Morgan fingerprint density at radius 1 is 1.03 bits per heavy atom. The summed E-state index contributed by atoms with van der Waals surface area (Å²) in [7, 11) is 0. The van der Waals surface area contributed by atoms with Crippen LogP contribution in [0.15, 0.2) is 59.7 Å². The van der Waals surface area contributed by atoms with Gasteiger partial charge in [0.15, 0.2) is 5.75 Å². The highest BCUT2D eigenvalue weighted by Crippen LogP contribution is 2.30. The Morgan fingerprint density at radius 2 is 1.72 bits per heavy atom. The van der Waals surface area contributed by atoms with Crippen molar-refractivity contribution in [3.8, 4) is 5.75 Å². The number of carbonyl (C=O) groups excluding carboxylic acids is 2. The summed E-state index contributed by atoms with van der Waals surface area (Å²) in [6.07, 6.45) is -4.56. The lowest BCUT2D eigenvalue weighted by Gasteiger charge is -2.14. The molecule has 0 aliphatic carbocycles. The molecule has 0 bridgehead atoms. The minimum absolute atomic E-state index is 0.111. The number of hydrogen-bond donors (Lipinski definition) is 1. The van der Waals surface area contributed by atoms with Crippen molar-refractivity contribution in [2.75, 3.05) is 11.9 Å². The smallest absolute Gasteiger partial charge is 0.404 e.